The topological polar surface area (TPSA) is 37.8 Å². The zero-order chi connectivity index (χ0) is 12.3. The lowest BCUT2D eigenvalue weighted by atomic mass is 10.1. The first-order valence-electron chi connectivity index (χ1n) is 5.46. The third-order valence-electron chi connectivity index (χ3n) is 2.60. The first kappa shape index (κ1) is 11.9. The van der Waals surface area contributed by atoms with Crippen LogP contribution in [0.3, 0.4) is 0 Å². The Bertz CT molecular complexity index is 496. The molecule has 0 spiro atoms. The van der Waals surface area contributed by atoms with Crippen LogP contribution in [0.2, 0.25) is 5.02 Å². The van der Waals surface area contributed by atoms with Gasteiger partial charge in [-0.3, -0.25) is 4.98 Å². The summed E-state index contributed by atoms with van der Waals surface area (Å²) in [4.78, 5) is 8.46. The molecule has 0 bridgehead atoms. The standard InChI is InChI=1S/C13H14ClN3/c1-9(11-3-5-12(14)6-4-11)17-13-10(2)15-7-8-16-13/h3-9H,1-2H3,(H,16,17). The molecule has 1 N–H and O–H groups in total. The number of aryl methyl sites for hydroxylation is 1. The third-order valence-corrected chi connectivity index (χ3v) is 2.86. The van der Waals surface area contributed by atoms with Crippen LogP contribution in [0, 0.1) is 6.92 Å². The zero-order valence-electron chi connectivity index (χ0n) is 9.81. The van der Waals surface area contributed by atoms with Gasteiger partial charge in [-0.05, 0) is 31.5 Å². The molecule has 88 valence electrons. The molecule has 1 unspecified atom stereocenters. The predicted molar refractivity (Wildman–Crippen MR) is 70.3 cm³/mol. The van der Waals surface area contributed by atoms with Gasteiger partial charge in [-0.25, -0.2) is 4.98 Å². The summed E-state index contributed by atoms with van der Waals surface area (Å²) < 4.78 is 0. The number of anilines is 1. The van der Waals surface area contributed by atoms with E-state index in [1.54, 1.807) is 12.4 Å². The highest BCUT2D eigenvalue weighted by Gasteiger charge is 2.07. The smallest absolute Gasteiger partial charge is 0.147 e. The van der Waals surface area contributed by atoms with Gasteiger partial charge >= 0.3 is 0 Å². The highest BCUT2D eigenvalue weighted by Crippen LogP contribution is 2.20. The van der Waals surface area contributed by atoms with E-state index in [0.717, 1.165) is 16.5 Å². The van der Waals surface area contributed by atoms with Crippen molar-refractivity contribution in [2.45, 2.75) is 19.9 Å². The Morgan fingerprint density at radius 3 is 2.41 bits per heavy atom. The monoisotopic (exact) mass is 247 g/mol. The van der Waals surface area contributed by atoms with Crippen LogP contribution in [0.4, 0.5) is 5.82 Å². The van der Waals surface area contributed by atoms with Gasteiger partial charge in [-0.2, -0.15) is 0 Å². The maximum atomic E-state index is 5.86. The van der Waals surface area contributed by atoms with Crippen molar-refractivity contribution in [3.63, 3.8) is 0 Å². The fourth-order valence-electron chi connectivity index (χ4n) is 1.59. The minimum Gasteiger partial charge on any atom is -0.362 e. The van der Waals surface area contributed by atoms with Gasteiger partial charge in [0.1, 0.15) is 5.82 Å². The van der Waals surface area contributed by atoms with Gasteiger partial charge in [-0.15, -0.1) is 0 Å². The molecule has 17 heavy (non-hydrogen) atoms. The number of rotatable bonds is 3. The molecular formula is C13H14ClN3. The fraction of sp³-hybridized carbons (Fsp3) is 0.231. The molecule has 0 fully saturated rings. The number of hydrogen-bond donors (Lipinski definition) is 1. The van der Waals surface area contributed by atoms with E-state index < -0.39 is 0 Å². The summed E-state index contributed by atoms with van der Waals surface area (Å²) in [5.41, 5.74) is 2.06. The van der Waals surface area contributed by atoms with Crippen molar-refractivity contribution < 1.29 is 0 Å². The van der Waals surface area contributed by atoms with Crippen molar-refractivity contribution in [1.29, 1.82) is 0 Å². The SMILES string of the molecule is Cc1nccnc1NC(C)c1ccc(Cl)cc1. The lowest BCUT2D eigenvalue weighted by Gasteiger charge is -2.15. The van der Waals surface area contributed by atoms with Gasteiger partial charge in [0.25, 0.3) is 0 Å². The molecule has 0 aliphatic carbocycles. The Morgan fingerprint density at radius 1 is 1.12 bits per heavy atom. The maximum absolute atomic E-state index is 5.86. The Hall–Kier alpha value is -1.61. The van der Waals surface area contributed by atoms with Crippen LogP contribution in [-0.4, -0.2) is 9.97 Å². The van der Waals surface area contributed by atoms with Crippen molar-refractivity contribution in [1.82, 2.24) is 9.97 Å². The van der Waals surface area contributed by atoms with E-state index in [-0.39, 0.29) is 6.04 Å². The van der Waals surface area contributed by atoms with E-state index in [4.69, 9.17) is 11.6 Å². The minimum absolute atomic E-state index is 0.169. The van der Waals surface area contributed by atoms with Crippen molar-refractivity contribution >= 4 is 17.4 Å². The number of aromatic nitrogens is 2. The third kappa shape index (κ3) is 2.94. The summed E-state index contributed by atoms with van der Waals surface area (Å²) >= 11 is 5.86. The number of hydrogen-bond acceptors (Lipinski definition) is 3. The van der Waals surface area contributed by atoms with Crippen LogP contribution in [0.5, 0.6) is 0 Å². The van der Waals surface area contributed by atoms with Gasteiger partial charge < -0.3 is 5.32 Å². The van der Waals surface area contributed by atoms with Crippen LogP contribution < -0.4 is 5.32 Å². The first-order chi connectivity index (χ1) is 8.16. The van der Waals surface area contributed by atoms with E-state index in [2.05, 4.69) is 22.2 Å². The fourth-order valence-corrected chi connectivity index (χ4v) is 1.72. The molecule has 0 saturated heterocycles. The number of halogens is 1. The maximum Gasteiger partial charge on any atom is 0.147 e. The molecule has 0 amide bonds. The minimum atomic E-state index is 0.169. The van der Waals surface area contributed by atoms with E-state index in [1.807, 2.05) is 31.2 Å². The van der Waals surface area contributed by atoms with Gasteiger partial charge in [0.15, 0.2) is 0 Å². The van der Waals surface area contributed by atoms with Gasteiger partial charge in [0, 0.05) is 17.4 Å². The van der Waals surface area contributed by atoms with Crippen molar-refractivity contribution in [3.05, 3.63) is 52.9 Å². The molecule has 1 atom stereocenters. The predicted octanol–water partition coefficient (Wildman–Crippen LogP) is 3.61. The summed E-state index contributed by atoms with van der Waals surface area (Å²) in [7, 11) is 0. The zero-order valence-corrected chi connectivity index (χ0v) is 10.6. The normalized spacial score (nSPS) is 12.2. The van der Waals surface area contributed by atoms with Crippen LogP contribution in [0.25, 0.3) is 0 Å². The summed E-state index contributed by atoms with van der Waals surface area (Å²) in [5, 5.41) is 4.08. The van der Waals surface area contributed by atoms with E-state index in [0.29, 0.717) is 0 Å². The quantitative estimate of drug-likeness (QED) is 0.900. The molecule has 3 nitrogen and oxygen atoms in total. The Kier molecular flexibility index (Phi) is 3.59. The Morgan fingerprint density at radius 2 is 1.76 bits per heavy atom. The summed E-state index contributed by atoms with van der Waals surface area (Å²) in [6.45, 7) is 4.02. The van der Waals surface area contributed by atoms with Crippen molar-refractivity contribution in [2.24, 2.45) is 0 Å². The lowest BCUT2D eigenvalue weighted by Crippen LogP contribution is -2.09. The van der Waals surface area contributed by atoms with Crippen LogP contribution in [0.15, 0.2) is 36.7 Å². The average Bonchev–Trinajstić information content (AvgIpc) is 2.33. The van der Waals surface area contributed by atoms with Crippen LogP contribution in [-0.2, 0) is 0 Å². The van der Waals surface area contributed by atoms with Gasteiger partial charge in [0.05, 0.1) is 11.7 Å². The van der Waals surface area contributed by atoms with Crippen molar-refractivity contribution in [2.75, 3.05) is 5.32 Å². The molecule has 0 saturated carbocycles. The average molecular weight is 248 g/mol. The molecule has 2 aromatic rings. The molecule has 1 aromatic heterocycles. The molecule has 1 heterocycles. The molecule has 0 aliphatic heterocycles. The summed E-state index contributed by atoms with van der Waals surface area (Å²) in [5.74, 6) is 0.815. The second-order valence-corrected chi connectivity index (χ2v) is 4.34. The van der Waals surface area contributed by atoms with Crippen molar-refractivity contribution in [3.8, 4) is 0 Å². The Labute approximate surface area is 106 Å². The number of nitrogens with zero attached hydrogens (tertiary/aromatic N) is 2. The van der Waals surface area contributed by atoms with E-state index >= 15 is 0 Å². The molecule has 1 aromatic carbocycles. The summed E-state index contributed by atoms with van der Waals surface area (Å²) in [6.07, 6.45) is 3.37. The molecule has 4 heteroatoms. The van der Waals surface area contributed by atoms with Gasteiger partial charge in [-0.1, -0.05) is 23.7 Å². The number of benzene rings is 1. The largest absolute Gasteiger partial charge is 0.362 e. The molecule has 2 rings (SSSR count). The van der Waals surface area contributed by atoms with E-state index in [9.17, 15) is 0 Å². The molecule has 0 radical (unpaired) electrons. The molecular weight excluding hydrogens is 234 g/mol. The first-order valence-corrected chi connectivity index (χ1v) is 5.84. The van der Waals surface area contributed by atoms with Gasteiger partial charge in [0.2, 0.25) is 0 Å². The lowest BCUT2D eigenvalue weighted by molar-refractivity contribution is 0.866. The second-order valence-electron chi connectivity index (χ2n) is 3.91. The van der Waals surface area contributed by atoms with Crippen LogP contribution >= 0.6 is 11.6 Å². The molecule has 0 aliphatic rings. The highest BCUT2D eigenvalue weighted by molar-refractivity contribution is 6.30. The van der Waals surface area contributed by atoms with Crippen LogP contribution in [0.1, 0.15) is 24.2 Å². The Balaban J connectivity index is 2.14. The number of nitrogens with one attached hydrogen (secondary N) is 1. The summed E-state index contributed by atoms with van der Waals surface area (Å²) in [6, 6.07) is 7.96. The van der Waals surface area contributed by atoms with E-state index in [1.165, 1.54) is 5.56 Å². The highest BCUT2D eigenvalue weighted by atomic mass is 35.5. The second kappa shape index (κ2) is 5.15.